The molecule has 46 heavy (non-hydrogen) atoms. The summed E-state index contributed by atoms with van der Waals surface area (Å²) in [5, 5.41) is 37.3. The van der Waals surface area contributed by atoms with Crippen LogP contribution in [0.15, 0.2) is 30.3 Å². The predicted octanol–water partition coefficient (Wildman–Crippen LogP) is 0.648. The Labute approximate surface area is 269 Å². The van der Waals surface area contributed by atoms with Gasteiger partial charge in [0, 0.05) is 83.0 Å². The van der Waals surface area contributed by atoms with Gasteiger partial charge in [0.15, 0.2) is 5.60 Å². The van der Waals surface area contributed by atoms with Gasteiger partial charge in [-0.15, -0.1) is 0 Å². The molecule has 1 aromatic carbocycles. The van der Waals surface area contributed by atoms with Crippen LogP contribution in [0.3, 0.4) is 0 Å². The van der Waals surface area contributed by atoms with Gasteiger partial charge >= 0.3 is 11.9 Å². The second-order valence-corrected chi connectivity index (χ2v) is 14.4. The van der Waals surface area contributed by atoms with Crippen molar-refractivity contribution in [3.05, 3.63) is 35.9 Å². The molecule has 12 heteroatoms. The largest absolute Gasteiger partial charge is 0.455 e. The van der Waals surface area contributed by atoms with Crippen LogP contribution in [0, 0.1) is 34.5 Å². The lowest BCUT2D eigenvalue weighted by molar-refractivity contribution is -0.322. The third kappa shape index (κ3) is 3.62. The number of carbonyl (C=O) groups excluding carboxylic acids is 2. The van der Waals surface area contributed by atoms with Gasteiger partial charge in [-0.05, 0) is 31.0 Å². The summed E-state index contributed by atoms with van der Waals surface area (Å²) < 4.78 is 37.4. The molecule has 0 amide bonds. The van der Waals surface area contributed by atoms with E-state index in [-0.39, 0.29) is 25.0 Å². The van der Waals surface area contributed by atoms with E-state index in [1.807, 2.05) is 6.92 Å². The number of fused-ring (bicyclic) bond motifs is 2. The van der Waals surface area contributed by atoms with Crippen LogP contribution in [0.2, 0.25) is 0 Å². The van der Waals surface area contributed by atoms with Gasteiger partial charge in [0.05, 0.1) is 30.5 Å². The van der Waals surface area contributed by atoms with Gasteiger partial charge in [-0.3, -0.25) is 9.69 Å². The molecule has 15 atom stereocenters. The minimum atomic E-state index is -1.83. The van der Waals surface area contributed by atoms with E-state index < -0.39 is 88.3 Å². The predicted molar refractivity (Wildman–Crippen MR) is 160 cm³/mol. The Morgan fingerprint density at radius 1 is 1.00 bits per heavy atom. The van der Waals surface area contributed by atoms with Crippen molar-refractivity contribution in [3.8, 4) is 0 Å². The number of likely N-dealkylation sites (tertiary alicyclic amines) is 1. The van der Waals surface area contributed by atoms with Crippen LogP contribution in [0.5, 0.6) is 0 Å². The van der Waals surface area contributed by atoms with Gasteiger partial charge in [-0.1, -0.05) is 25.1 Å². The van der Waals surface area contributed by atoms with E-state index in [0.29, 0.717) is 25.1 Å². The van der Waals surface area contributed by atoms with Crippen LogP contribution in [0.4, 0.5) is 0 Å². The van der Waals surface area contributed by atoms with Crippen molar-refractivity contribution in [3.63, 3.8) is 0 Å². The second-order valence-electron chi connectivity index (χ2n) is 14.4. The molecule has 0 unspecified atom stereocenters. The van der Waals surface area contributed by atoms with Crippen molar-refractivity contribution in [2.75, 3.05) is 48.1 Å². The highest BCUT2D eigenvalue weighted by Gasteiger charge is 2.92. The molecule has 7 bridgehead atoms. The summed E-state index contributed by atoms with van der Waals surface area (Å²) in [7, 11) is 6.27. The van der Waals surface area contributed by atoms with Crippen LogP contribution in [0.25, 0.3) is 0 Å². The first-order valence-corrected chi connectivity index (χ1v) is 16.3. The maximum atomic E-state index is 13.8. The molecule has 5 aliphatic carbocycles. The van der Waals surface area contributed by atoms with E-state index >= 15 is 0 Å². The van der Waals surface area contributed by atoms with Gasteiger partial charge in [-0.25, -0.2) is 4.79 Å². The van der Waals surface area contributed by atoms with Crippen molar-refractivity contribution in [1.82, 2.24) is 4.90 Å². The Morgan fingerprint density at radius 2 is 1.72 bits per heavy atom. The lowest BCUT2D eigenvalue weighted by atomic mass is 9.42. The molecule has 7 rings (SSSR count). The second kappa shape index (κ2) is 10.9. The number of hydrogen-bond acceptors (Lipinski definition) is 12. The lowest BCUT2D eigenvalue weighted by Gasteiger charge is -2.70. The number of aliphatic hydroxyl groups excluding tert-OH is 2. The molecule has 12 nitrogen and oxygen atoms in total. The Kier molecular flexibility index (Phi) is 7.69. The molecule has 1 aliphatic heterocycles. The molecule has 6 aliphatic rings. The van der Waals surface area contributed by atoms with E-state index in [0.717, 1.165) is 0 Å². The number of benzene rings is 1. The standard InChI is InChI=1S/C34H47NO11/c1-7-35-15-31(16-41-3)20(37)13-21(42-4)33-19-14-32(40)28(45-30(39)18-11-9-8-10-12-18)22(19)34(46-17(2)36,27(38)29(32)44-6)23(26(33)35)24(43-5)25(31)33/h8-12,19-29,37-38,40H,7,13-16H2,1-6H3/t19-,20-,21+,22-,23+,24+,25-,26+,27+,28-,29+,31+,32-,33-,34-/m1/s1. The molecule has 3 N–H and O–H groups in total. The third-order valence-electron chi connectivity index (χ3n) is 13.2. The van der Waals surface area contributed by atoms with E-state index in [1.165, 1.54) is 14.0 Å². The number of ether oxygens (including phenoxy) is 6. The molecular weight excluding hydrogens is 598 g/mol. The molecule has 5 saturated carbocycles. The fraction of sp³-hybridized carbons (Fsp3) is 0.765. The van der Waals surface area contributed by atoms with Gasteiger partial charge in [0.1, 0.15) is 23.9 Å². The van der Waals surface area contributed by atoms with Crippen molar-refractivity contribution >= 4 is 11.9 Å². The quantitative estimate of drug-likeness (QED) is 0.323. The number of nitrogens with zero attached hydrogens (tertiary/aromatic N) is 1. The Hall–Kier alpha value is -2.16. The van der Waals surface area contributed by atoms with Crippen LogP contribution in [0.1, 0.15) is 37.0 Å². The lowest BCUT2D eigenvalue weighted by Crippen LogP contribution is -2.81. The summed E-state index contributed by atoms with van der Waals surface area (Å²) in [4.78, 5) is 29.3. The van der Waals surface area contributed by atoms with E-state index in [9.17, 15) is 24.9 Å². The molecule has 1 aromatic rings. The van der Waals surface area contributed by atoms with Gasteiger partial charge in [0.2, 0.25) is 0 Å². The fourth-order valence-electron chi connectivity index (χ4n) is 12.3. The average molecular weight is 646 g/mol. The van der Waals surface area contributed by atoms with Gasteiger partial charge in [-0.2, -0.15) is 0 Å². The zero-order valence-electron chi connectivity index (χ0n) is 27.3. The molecule has 0 aromatic heterocycles. The monoisotopic (exact) mass is 645 g/mol. The summed E-state index contributed by atoms with van der Waals surface area (Å²) in [6.45, 7) is 4.68. The Balaban J connectivity index is 1.53. The number of hydrogen-bond donors (Lipinski definition) is 3. The summed E-state index contributed by atoms with van der Waals surface area (Å²) in [5.74, 6) is -3.65. The first-order chi connectivity index (χ1) is 22.0. The third-order valence-corrected chi connectivity index (χ3v) is 13.2. The molecule has 0 radical (unpaired) electrons. The van der Waals surface area contributed by atoms with Crippen molar-refractivity contribution < 1.29 is 53.3 Å². The number of esters is 2. The molecule has 254 valence electrons. The van der Waals surface area contributed by atoms with E-state index in [1.54, 1.807) is 51.7 Å². The molecule has 1 heterocycles. The number of aliphatic hydroxyl groups is 3. The highest BCUT2D eigenvalue weighted by molar-refractivity contribution is 5.89. The van der Waals surface area contributed by atoms with Crippen molar-refractivity contribution in [2.45, 2.75) is 80.6 Å². The van der Waals surface area contributed by atoms with Crippen LogP contribution < -0.4 is 0 Å². The number of piperidine rings is 1. The average Bonchev–Trinajstić information content (AvgIpc) is 3.41. The summed E-state index contributed by atoms with van der Waals surface area (Å²) in [6, 6.07) is 8.18. The maximum Gasteiger partial charge on any atom is 0.338 e. The molecule has 1 saturated heterocycles. The number of carbonyl (C=O) groups is 2. The first-order valence-electron chi connectivity index (χ1n) is 16.3. The summed E-state index contributed by atoms with van der Waals surface area (Å²) in [6.07, 6.45) is -5.49. The van der Waals surface area contributed by atoms with Gasteiger partial charge in [0.25, 0.3) is 0 Å². The zero-order valence-corrected chi connectivity index (χ0v) is 27.3. The van der Waals surface area contributed by atoms with E-state index in [4.69, 9.17) is 28.4 Å². The van der Waals surface area contributed by atoms with Crippen LogP contribution in [-0.2, 0) is 33.2 Å². The van der Waals surface area contributed by atoms with Crippen LogP contribution in [-0.4, -0.2) is 134 Å². The summed E-state index contributed by atoms with van der Waals surface area (Å²) in [5.41, 5.74) is -4.79. The van der Waals surface area contributed by atoms with Crippen molar-refractivity contribution in [2.24, 2.45) is 34.5 Å². The molecule has 6 fully saturated rings. The Bertz CT molecular complexity index is 1360. The minimum absolute atomic E-state index is 0.0791. The number of methoxy groups -OCH3 is 4. The SMILES string of the molecule is CCN1C[C@]2(COC)[C@H](O)C[C@H](OC)[C@]34[C@@H]5C[C@@]6(O)[C@H](OC(=O)c7ccccc7)[C@@H]5[C@@](OC(C)=O)([C@@H]([C@H](OC)[C@H]23)[C@H]14)[C@@H](O)[C@@H]6OC. The van der Waals surface area contributed by atoms with Gasteiger partial charge < -0.3 is 43.7 Å². The summed E-state index contributed by atoms with van der Waals surface area (Å²) >= 11 is 0. The maximum absolute atomic E-state index is 13.8. The van der Waals surface area contributed by atoms with E-state index in [2.05, 4.69) is 4.90 Å². The van der Waals surface area contributed by atoms with Crippen molar-refractivity contribution in [1.29, 1.82) is 0 Å². The normalized spacial score (nSPS) is 49.9. The topological polar surface area (TPSA) is 153 Å². The fourth-order valence-corrected chi connectivity index (χ4v) is 12.3. The zero-order chi connectivity index (χ0) is 33.0. The molecule has 1 spiro atoms. The molecular formula is C34H47NO11. The minimum Gasteiger partial charge on any atom is -0.455 e. The Morgan fingerprint density at radius 3 is 2.30 bits per heavy atom. The number of rotatable bonds is 9. The van der Waals surface area contributed by atoms with Crippen LogP contribution >= 0.6 is 0 Å². The highest BCUT2D eigenvalue weighted by Crippen LogP contribution is 2.80. The smallest absolute Gasteiger partial charge is 0.338 e. The highest BCUT2D eigenvalue weighted by atomic mass is 16.6. The first kappa shape index (κ1) is 32.4.